The summed E-state index contributed by atoms with van der Waals surface area (Å²) < 4.78 is 5.09. The molecule has 0 unspecified atom stereocenters. The lowest BCUT2D eigenvalue weighted by molar-refractivity contribution is 0.160. The summed E-state index contributed by atoms with van der Waals surface area (Å²) in [7, 11) is 1.72. The third kappa shape index (κ3) is 2.88. The molecule has 1 saturated heterocycles. The quantitative estimate of drug-likeness (QED) is 0.857. The number of hydrogen-bond acceptors (Lipinski definition) is 4. The van der Waals surface area contributed by atoms with Gasteiger partial charge in [0, 0.05) is 38.7 Å². The Hall–Kier alpha value is -1.41. The monoisotopic (exact) mass is 245 g/mol. The minimum absolute atomic E-state index is 0.162. The van der Waals surface area contributed by atoms with Crippen molar-refractivity contribution in [1.82, 2.24) is 4.90 Å². The van der Waals surface area contributed by atoms with Gasteiger partial charge in [0.2, 0.25) is 0 Å². The largest absolute Gasteiger partial charge is 0.383 e. The normalized spacial score (nSPS) is 24.1. The van der Waals surface area contributed by atoms with Gasteiger partial charge in [-0.3, -0.25) is 4.90 Å². The Morgan fingerprint density at radius 2 is 2.11 bits per heavy atom. The third-order valence-corrected chi connectivity index (χ3v) is 3.52. The molecule has 18 heavy (non-hydrogen) atoms. The van der Waals surface area contributed by atoms with Crippen molar-refractivity contribution in [3.8, 4) is 6.07 Å². The average Bonchev–Trinajstić information content (AvgIpc) is 2.78. The molecule has 0 amide bonds. The van der Waals surface area contributed by atoms with E-state index in [4.69, 9.17) is 15.7 Å². The van der Waals surface area contributed by atoms with Crippen LogP contribution in [0.5, 0.6) is 0 Å². The third-order valence-electron chi connectivity index (χ3n) is 3.52. The molecule has 1 aromatic rings. The summed E-state index contributed by atoms with van der Waals surface area (Å²) in [5, 5.41) is 8.79. The molecule has 0 saturated carbocycles. The van der Waals surface area contributed by atoms with Gasteiger partial charge in [0.25, 0.3) is 0 Å². The van der Waals surface area contributed by atoms with Gasteiger partial charge in [0.05, 0.1) is 18.2 Å². The van der Waals surface area contributed by atoms with Crippen molar-refractivity contribution in [3.05, 3.63) is 35.4 Å². The summed E-state index contributed by atoms with van der Waals surface area (Å²) in [5.74, 6) is 0.356. The zero-order valence-corrected chi connectivity index (χ0v) is 10.7. The maximum absolute atomic E-state index is 8.79. The Balaban J connectivity index is 2.02. The second-order valence-electron chi connectivity index (χ2n) is 4.76. The van der Waals surface area contributed by atoms with Gasteiger partial charge in [-0.1, -0.05) is 12.1 Å². The predicted octanol–water partition coefficient (Wildman–Crippen LogP) is 0.931. The van der Waals surface area contributed by atoms with Gasteiger partial charge in [-0.15, -0.1) is 0 Å². The van der Waals surface area contributed by atoms with Crippen LogP contribution in [-0.4, -0.2) is 44.3 Å². The fourth-order valence-electron chi connectivity index (χ4n) is 2.47. The number of rotatable bonds is 4. The van der Waals surface area contributed by atoms with Gasteiger partial charge in [-0.2, -0.15) is 5.26 Å². The molecule has 0 aliphatic carbocycles. The first-order chi connectivity index (χ1) is 8.74. The lowest BCUT2D eigenvalue weighted by Crippen LogP contribution is -2.30. The number of methoxy groups -OCH3 is 1. The Kier molecular flexibility index (Phi) is 4.32. The first-order valence-corrected chi connectivity index (χ1v) is 6.21. The van der Waals surface area contributed by atoms with E-state index in [0.717, 1.165) is 26.2 Å². The molecule has 0 aromatic heterocycles. The molecule has 4 heteroatoms. The highest BCUT2D eigenvalue weighted by atomic mass is 16.5. The zero-order valence-electron chi connectivity index (χ0n) is 10.7. The molecule has 2 rings (SSSR count). The van der Waals surface area contributed by atoms with Crippen molar-refractivity contribution in [2.24, 2.45) is 5.73 Å². The van der Waals surface area contributed by atoms with E-state index in [-0.39, 0.29) is 6.04 Å². The maximum Gasteiger partial charge on any atom is 0.0991 e. The number of likely N-dealkylation sites (tertiary alicyclic amines) is 1. The first-order valence-electron chi connectivity index (χ1n) is 6.21. The van der Waals surface area contributed by atoms with Crippen LogP contribution in [0.2, 0.25) is 0 Å². The number of nitrogens with zero attached hydrogens (tertiary/aromatic N) is 2. The molecule has 1 aromatic carbocycles. The van der Waals surface area contributed by atoms with Crippen molar-refractivity contribution >= 4 is 0 Å². The van der Waals surface area contributed by atoms with Crippen LogP contribution in [0.15, 0.2) is 24.3 Å². The maximum atomic E-state index is 8.79. The van der Waals surface area contributed by atoms with E-state index >= 15 is 0 Å². The van der Waals surface area contributed by atoms with Crippen molar-refractivity contribution in [3.63, 3.8) is 0 Å². The predicted molar refractivity (Wildman–Crippen MR) is 70.2 cm³/mol. The highest BCUT2D eigenvalue weighted by Crippen LogP contribution is 2.26. The van der Waals surface area contributed by atoms with Gasteiger partial charge < -0.3 is 10.5 Å². The number of hydrogen-bond donors (Lipinski definition) is 1. The lowest BCUT2D eigenvalue weighted by Gasteiger charge is -2.15. The molecule has 1 aliphatic heterocycles. The fourth-order valence-corrected chi connectivity index (χ4v) is 2.47. The second kappa shape index (κ2) is 5.96. The molecular formula is C14H19N3O. The van der Waals surface area contributed by atoms with E-state index in [0.29, 0.717) is 11.5 Å². The van der Waals surface area contributed by atoms with Gasteiger partial charge in [0.1, 0.15) is 0 Å². The first kappa shape index (κ1) is 13.0. The molecule has 2 N–H and O–H groups in total. The van der Waals surface area contributed by atoms with Crippen LogP contribution < -0.4 is 5.73 Å². The van der Waals surface area contributed by atoms with Crippen LogP contribution in [0.25, 0.3) is 0 Å². The van der Waals surface area contributed by atoms with Gasteiger partial charge >= 0.3 is 0 Å². The minimum Gasteiger partial charge on any atom is -0.383 e. The standard InChI is InChI=1S/C14H19N3O/c1-18-7-6-17-9-13(14(16)10-17)12-4-2-11(8-15)3-5-12/h2-5,13-14H,6-7,9-10,16H2,1H3/t13-,14+/m0/s1. The summed E-state index contributed by atoms with van der Waals surface area (Å²) in [6.07, 6.45) is 0. The van der Waals surface area contributed by atoms with Crippen LogP contribution in [0, 0.1) is 11.3 Å². The zero-order chi connectivity index (χ0) is 13.0. The van der Waals surface area contributed by atoms with Crippen LogP contribution in [-0.2, 0) is 4.74 Å². The molecule has 1 heterocycles. The number of nitrogens with two attached hydrogens (primary N) is 1. The van der Waals surface area contributed by atoms with Gasteiger partial charge in [0.15, 0.2) is 0 Å². The highest BCUT2D eigenvalue weighted by molar-refractivity contribution is 5.34. The molecule has 1 aliphatic rings. The molecule has 0 radical (unpaired) electrons. The van der Waals surface area contributed by atoms with Crippen LogP contribution in [0.3, 0.4) is 0 Å². The van der Waals surface area contributed by atoms with Crippen LogP contribution in [0.1, 0.15) is 17.0 Å². The SMILES string of the molecule is COCCN1C[C@@H](N)[C@H](c2ccc(C#N)cc2)C1. The van der Waals surface area contributed by atoms with Crippen LogP contribution >= 0.6 is 0 Å². The summed E-state index contributed by atoms with van der Waals surface area (Å²) in [4.78, 5) is 2.33. The number of ether oxygens (including phenoxy) is 1. The van der Waals surface area contributed by atoms with E-state index in [1.807, 2.05) is 24.3 Å². The minimum atomic E-state index is 0.162. The molecule has 4 nitrogen and oxygen atoms in total. The molecule has 0 spiro atoms. The Morgan fingerprint density at radius 3 is 2.72 bits per heavy atom. The van der Waals surface area contributed by atoms with Crippen molar-refractivity contribution in [2.45, 2.75) is 12.0 Å². The highest BCUT2D eigenvalue weighted by Gasteiger charge is 2.30. The van der Waals surface area contributed by atoms with E-state index in [1.165, 1.54) is 5.56 Å². The molecule has 96 valence electrons. The topological polar surface area (TPSA) is 62.3 Å². The lowest BCUT2D eigenvalue weighted by atomic mass is 9.94. The molecular weight excluding hydrogens is 226 g/mol. The Labute approximate surface area is 108 Å². The number of benzene rings is 1. The van der Waals surface area contributed by atoms with E-state index < -0.39 is 0 Å². The number of nitriles is 1. The van der Waals surface area contributed by atoms with E-state index in [1.54, 1.807) is 7.11 Å². The smallest absolute Gasteiger partial charge is 0.0991 e. The molecule has 0 bridgehead atoms. The summed E-state index contributed by atoms with van der Waals surface area (Å²) in [5.41, 5.74) is 8.12. The molecule has 2 atom stereocenters. The van der Waals surface area contributed by atoms with Crippen molar-refractivity contribution in [1.29, 1.82) is 5.26 Å². The van der Waals surface area contributed by atoms with E-state index in [9.17, 15) is 0 Å². The Bertz CT molecular complexity index is 424. The average molecular weight is 245 g/mol. The van der Waals surface area contributed by atoms with Gasteiger partial charge in [-0.05, 0) is 17.7 Å². The molecule has 1 fully saturated rings. The Morgan fingerprint density at radius 1 is 1.39 bits per heavy atom. The van der Waals surface area contributed by atoms with Crippen LogP contribution in [0.4, 0.5) is 0 Å². The summed E-state index contributed by atoms with van der Waals surface area (Å²) in [6, 6.07) is 10.1. The van der Waals surface area contributed by atoms with E-state index in [2.05, 4.69) is 11.0 Å². The van der Waals surface area contributed by atoms with Gasteiger partial charge in [-0.25, -0.2) is 0 Å². The second-order valence-corrected chi connectivity index (χ2v) is 4.76. The van der Waals surface area contributed by atoms with Crippen molar-refractivity contribution < 1.29 is 4.74 Å². The fraction of sp³-hybridized carbons (Fsp3) is 0.500. The van der Waals surface area contributed by atoms with Crippen molar-refractivity contribution in [2.75, 3.05) is 33.4 Å². The summed E-state index contributed by atoms with van der Waals surface area (Å²) in [6.45, 7) is 3.55. The summed E-state index contributed by atoms with van der Waals surface area (Å²) >= 11 is 0.